The molecular formula is C39H38O6P2. The maximum absolute atomic E-state index is 12.2. The van der Waals surface area contributed by atoms with Gasteiger partial charge in [0.25, 0.3) is 14.7 Å². The lowest BCUT2D eigenvalue weighted by atomic mass is 9.78. The summed E-state index contributed by atoms with van der Waals surface area (Å²) >= 11 is 0. The van der Waals surface area contributed by atoms with Crippen LogP contribution in [-0.4, -0.2) is 20.0 Å². The second-order valence-electron chi connectivity index (χ2n) is 11.2. The fourth-order valence-corrected chi connectivity index (χ4v) is 7.64. The summed E-state index contributed by atoms with van der Waals surface area (Å²) in [5, 5.41) is 20.5. The zero-order valence-electron chi connectivity index (χ0n) is 26.2. The highest BCUT2D eigenvalue weighted by Gasteiger charge is 2.24. The first kappa shape index (κ1) is 35.2. The van der Waals surface area contributed by atoms with Gasteiger partial charge < -0.3 is 20.0 Å². The Morgan fingerprint density at radius 3 is 0.809 bits per heavy atom. The second-order valence-corrected chi connectivity index (χ2v) is 15.6. The Morgan fingerprint density at radius 1 is 0.383 bits per heavy atom. The standard InChI is InChI=1S/C15H16O2.2C12H11O2P/c1-15(2,11-3-7-13(16)8-4-11)12-5-9-14(17)10-6-12;2*13-15(14,11-7-3-1-4-8-11)12-9-5-2-6-10-12/h3-10,16-17H,1-2H3;2*1-10H,(H,13,14). The van der Waals surface area contributed by atoms with Crippen molar-refractivity contribution in [2.45, 2.75) is 19.3 Å². The first-order valence-corrected chi connectivity index (χ1v) is 18.2. The van der Waals surface area contributed by atoms with Gasteiger partial charge in [-0.3, -0.25) is 9.13 Å². The first-order valence-electron chi connectivity index (χ1n) is 14.9. The summed E-state index contributed by atoms with van der Waals surface area (Å²) in [6.07, 6.45) is 0. The largest absolute Gasteiger partial charge is 0.508 e. The van der Waals surface area contributed by atoms with E-state index in [-0.39, 0.29) is 16.9 Å². The third-order valence-electron chi connectivity index (χ3n) is 7.60. The van der Waals surface area contributed by atoms with Crippen molar-refractivity contribution in [2.75, 3.05) is 0 Å². The van der Waals surface area contributed by atoms with E-state index in [1.54, 1.807) is 121 Å². The molecule has 0 amide bonds. The quantitative estimate of drug-likeness (QED) is 0.140. The van der Waals surface area contributed by atoms with E-state index in [0.717, 1.165) is 11.1 Å². The number of benzene rings is 6. The lowest BCUT2D eigenvalue weighted by Gasteiger charge is -2.26. The van der Waals surface area contributed by atoms with E-state index >= 15 is 0 Å². The van der Waals surface area contributed by atoms with Crippen molar-refractivity contribution in [2.24, 2.45) is 0 Å². The fraction of sp³-hybridized carbons (Fsp3) is 0.0769. The Hall–Kier alpha value is -4.70. The predicted octanol–water partition coefficient (Wildman–Crippen LogP) is 7.24. The molecule has 240 valence electrons. The van der Waals surface area contributed by atoms with Crippen molar-refractivity contribution in [3.63, 3.8) is 0 Å². The molecule has 0 aliphatic carbocycles. The molecule has 8 heteroatoms. The maximum Gasteiger partial charge on any atom is 0.258 e. The van der Waals surface area contributed by atoms with Crippen molar-refractivity contribution in [3.05, 3.63) is 181 Å². The molecule has 0 aliphatic rings. The first-order chi connectivity index (χ1) is 22.4. The molecule has 6 rings (SSSR count). The molecule has 0 aromatic heterocycles. The van der Waals surface area contributed by atoms with Crippen molar-refractivity contribution in [1.29, 1.82) is 0 Å². The van der Waals surface area contributed by atoms with Crippen LogP contribution in [0.25, 0.3) is 0 Å². The normalized spacial score (nSPS) is 11.3. The monoisotopic (exact) mass is 664 g/mol. The minimum Gasteiger partial charge on any atom is -0.508 e. The highest BCUT2D eigenvalue weighted by atomic mass is 31.2. The van der Waals surface area contributed by atoms with Crippen molar-refractivity contribution >= 4 is 36.0 Å². The minimum atomic E-state index is -3.40. The summed E-state index contributed by atoms with van der Waals surface area (Å²) in [5.74, 6) is 0.547. The van der Waals surface area contributed by atoms with E-state index < -0.39 is 14.7 Å². The van der Waals surface area contributed by atoms with Crippen LogP contribution in [0.2, 0.25) is 0 Å². The van der Waals surface area contributed by atoms with E-state index in [4.69, 9.17) is 0 Å². The Morgan fingerprint density at radius 2 is 0.596 bits per heavy atom. The van der Waals surface area contributed by atoms with Crippen molar-refractivity contribution < 1.29 is 29.1 Å². The van der Waals surface area contributed by atoms with Gasteiger partial charge in [-0.2, -0.15) is 0 Å². The third-order valence-corrected chi connectivity index (χ3v) is 11.6. The Kier molecular flexibility index (Phi) is 11.8. The molecule has 6 nitrogen and oxygen atoms in total. The molecule has 6 aromatic rings. The van der Waals surface area contributed by atoms with E-state index in [9.17, 15) is 29.1 Å². The summed E-state index contributed by atoms with van der Waals surface area (Å²) in [4.78, 5) is 20.0. The zero-order chi connectivity index (χ0) is 33.9. The van der Waals surface area contributed by atoms with Crippen molar-refractivity contribution in [3.8, 4) is 11.5 Å². The molecule has 0 atom stereocenters. The van der Waals surface area contributed by atoms with Crippen LogP contribution in [0.4, 0.5) is 0 Å². The maximum atomic E-state index is 12.2. The summed E-state index contributed by atoms with van der Waals surface area (Å²) in [7, 11) is -6.79. The van der Waals surface area contributed by atoms with Gasteiger partial charge in [-0.25, -0.2) is 0 Å². The molecule has 0 unspecified atom stereocenters. The van der Waals surface area contributed by atoms with Crippen LogP contribution in [0.5, 0.6) is 11.5 Å². The predicted molar refractivity (Wildman–Crippen MR) is 192 cm³/mol. The van der Waals surface area contributed by atoms with Gasteiger partial charge in [0, 0.05) is 26.6 Å². The van der Waals surface area contributed by atoms with Gasteiger partial charge in [-0.1, -0.05) is 111 Å². The molecule has 6 aromatic carbocycles. The van der Waals surface area contributed by atoms with Crippen LogP contribution in [-0.2, 0) is 14.5 Å². The summed E-state index contributed by atoms with van der Waals surface area (Å²) in [6.45, 7) is 4.23. The molecule has 0 aliphatic heterocycles. The second kappa shape index (κ2) is 15.7. The molecule has 0 saturated carbocycles. The molecule has 0 spiro atoms. The molecule has 0 bridgehead atoms. The van der Waals surface area contributed by atoms with Gasteiger partial charge in [-0.05, 0) is 83.9 Å². The smallest absolute Gasteiger partial charge is 0.258 e. The number of phenolic OH excluding ortho intramolecular Hbond substituents is 2. The average Bonchev–Trinajstić information content (AvgIpc) is 3.11. The number of aromatic hydroxyl groups is 2. The molecule has 4 N–H and O–H groups in total. The molecule has 0 heterocycles. The van der Waals surface area contributed by atoms with Gasteiger partial charge in [0.1, 0.15) is 11.5 Å². The van der Waals surface area contributed by atoms with Crippen molar-refractivity contribution in [1.82, 2.24) is 0 Å². The van der Waals surface area contributed by atoms with Crippen LogP contribution in [0.15, 0.2) is 170 Å². The van der Waals surface area contributed by atoms with Gasteiger partial charge in [0.15, 0.2) is 0 Å². The topological polar surface area (TPSA) is 115 Å². The Bertz CT molecular complexity index is 1680. The van der Waals surface area contributed by atoms with E-state index in [0.29, 0.717) is 21.2 Å². The molecule has 0 saturated heterocycles. The van der Waals surface area contributed by atoms with Gasteiger partial charge in [0.05, 0.1) is 0 Å². The van der Waals surface area contributed by atoms with E-state index in [1.165, 1.54) is 0 Å². The third kappa shape index (κ3) is 9.19. The zero-order valence-corrected chi connectivity index (χ0v) is 28.0. The van der Waals surface area contributed by atoms with E-state index in [1.807, 2.05) is 48.5 Å². The molecular weight excluding hydrogens is 626 g/mol. The minimum absolute atomic E-state index is 0.151. The van der Waals surface area contributed by atoms with Gasteiger partial charge >= 0.3 is 0 Å². The Balaban J connectivity index is 0.000000160. The number of hydrogen-bond acceptors (Lipinski definition) is 4. The highest BCUT2D eigenvalue weighted by molar-refractivity contribution is 7.73. The SMILES string of the molecule is CC(C)(c1ccc(O)cc1)c1ccc(O)cc1.O=P(O)(c1ccccc1)c1ccccc1.O=P(O)(c1ccccc1)c1ccccc1. The number of hydrogen-bond donors (Lipinski definition) is 4. The van der Waals surface area contributed by atoms with Crippen LogP contribution >= 0.6 is 14.7 Å². The van der Waals surface area contributed by atoms with Crippen LogP contribution < -0.4 is 21.2 Å². The lowest BCUT2D eigenvalue weighted by Crippen LogP contribution is -2.18. The Labute approximate surface area is 276 Å². The summed E-state index contributed by atoms with van der Waals surface area (Å²) in [6, 6.07) is 49.3. The van der Waals surface area contributed by atoms with Gasteiger partial charge in [0.2, 0.25) is 0 Å². The molecule has 47 heavy (non-hydrogen) atoms. The fourth-order valence-electron chi connectivity index (χ4n) is 4.74. The van der Waals surface area contributed by atoms with Gasteiger partial charge in [-0.15, -0.1) is 0 Å². The summed E-state index contributed by atoms with van der Waals surface area (Å²) < 4.78 is 24.3. The number of rotatable bonds is 6. The summed E-state index contributed by atoms with van der Waals surface area (Å²) in [5.41, 5.74) is 2.10. The van der Waals surface area contributed by atoms with Crippen LogP contribution in [0, 0.1) is 0 Å². The highest BCUT2D eigenvalue weighted by Crippen LogP contribution is 2.38. The lowest BCUT2D eigenvalue weighted by molar-refractivity contribution is 0.474. The van der Waals surface area contributed by atoms with E-state index in [2.05, 4.69) is 13.8 Å². The molecule has 0 fully saturated rings. The van der Waals surface area contributed by atoms with Crippen LogP contribution in [0.3, 0.4) is 0 Å². The van der Waals surface area contributed by atoms with Crippen LogP contribution in [0.1, 0.15) is 25.0 Å². The number of phenols is 2. The molecule has 0 radical (unpaired) electrons. The average molecular weight is 665 g/mol.